The highest BCUT2D eigenvalue weighted by molar-refractivity contribution is 5.61. The van der Waals surface area contributed by atoms with E-state index in [0.717, 1.165) is 6.07 Å². The molecule has 1 atom stereocenters. The Hall–Kier alpha value is -1.42. The molecule has 0 amide bonds. The van der Waals surface area contributed by atoms with Crippen LogP contribution in [0.1, 0.15) is 11.7 Å². The van der Waals surface area contributed by atoms with Crippen molar-refractivity contribution in [2.24, 2.45) is 0 Å². The summed E-state index contributed by atoms with van der Waals surface area (Å²) < 4.78 is 17.5. The molecule has 1 unspecified atom stereocenters. The van der Waals surface area contributed by atoms with E-state index in [2.05, 4.69) is 0 Å². The molecule has 0 aliphatic heterocycles. The Morgan fingerprint density at radius 3 is 2.85 bits per heavy atom. The van der Waals surface area contributed by atoms with Gasteiger partial charge in [0.15, 0.2) is 6.29 Å². The maximum absolute atomic E-state index is 12.7. The lowest BCUT2D eigenvalue weighted by Gasteiger charge is -2.09. The van der Waals surface area contributed by atoms with E-state index in [1.807, 2.05) is 0 Å². The number of halogens is 1. The highest BCUT2D eigenvalue weighted by Crippen LogP contribution is 2.24. The van der Waals surface area contributed by atoms with Gasteiger partial charge in [-0.15, -0.1) is 0 Å². The molecule has 0 aliphatic rings. The number of aliphatic hydroxyl groups is 1. The van der Waals surface area contributed by atoms with Gasteiger partial charge in [0.2, 0.25) is 0 Å². The van der Waals surface area contributed by atoms with Gasteiger partial charge in [-0.1, -0.05) is 0 Å². The molecule has 0 spiro atoms. The maximum atomic E-state index is 12.7. The van der Waals surface area contributed by atoms with Crippen LogP contribution in [0.5, 0.6) is 5.75 Å². The Morgan fingerprint density at radius 2 is 2.31 bits per heavy atom. The van der Waals surface area contributed by atoms with Crippen molar-refractivity contribution in [2.75, 3.05) is 7.11 Å². The molecular formula is C9H9FO3. The minimum absolute atomic E-state index is 0.137. The molecule has 0 heterocycles. The summed E-state index contributed by atoms with van der Waals surface area (Å²) in [6, 6.07) is 3.62. The largest absolute Gasteiger partial charge is 0.496 e. The van der Waals surface area contributed by atoms with Crippen molar-refractivity contribution in [2.45, 2.75) is 6.10 Å². The van der Waals surface area contributed by atoms with E-state index in [-0.39, 0.29) is 5.56 Å². The lowest BCUT2D eigenvalue weighted by atomic mass is 10.1. The summed E-state index contributed by atoms with van der Waals surface area (Å²) in [7, 11) is 1.38. The number of methoxy groups -OCH3 is 1. The Bertz CT molecular complexity index is 312. The molecule has 1 rings (SSSR count). The van der Waals surface area contributed by atoms with Crippen LogP contribution < -0.4 is 4.74 Å². The molecule has 1 aromatic carbocycles. The van der Waals surface area contributed by atoms with Crippen LogP contribution in [-0.2, 0) is 4.79 Å². The molecule has 0 saturated carbocycles. The van der Waals surface area contributed by atoms with Crippen LogP contribution in [0, 0.1) is 5.82 Å². The minimum Gasteiger partial charge on any atom is -0.496 e. The van der Waals surface area contributed by atoms with Gasteiger partial charge in [0, 0.05) is 5.56 Å². The lowest BCUT2D eigenvalue weighted by molar-refractivity contribution is -0.115. The maximum Gasteiger partial charge on any atom is 0.153 e. The van der Waals surface area contributed by atoms with Crippen molar-refractivity contribution >= 4 is 6.29 Å². The Labute approximate surface area is 74.8 Å². The monoisotopic (exact) mass is 184 g/mol. The van der Waals surface area contributed by atoms with Crippen LogP contribution in [0.2, 0.25) is 0 Å². The number of hydrogen-bond acceptors (Lipinski definition) is 3. The van der Waals surface area contributed by atoms with Crippen LogP contribution in [0.3, 0.4) is 0 Å². The lowest BCUT2D eigenvalue weighted by Crippen LogP contribution is -2.01. The molecular weight excluding hydrogens is 175 g/mol. The third-order valence-electron chi connectivity index (χ3n) is 1.64. The zero-order valence-electron chi connectivity index (χ0n) is 7.03. The van der Waals surface area contributed by atoms with Gasteiger partial charge in [-0.05, 0) is 18.2 Å². The average Bonchev–Trinajstić information content (AvgIpc) is 2.16. The smallest absolute Gasteiger partial charge is 0.153 e. The van der Waals surface area contributed by atoms with E-state index in [1.54, 1.807) is 0 Å². The fraction of sp³-hybridized carbons (Fsp3) is 0.222. The first-order valence-electron chi connectivity index (χ1n) is 3.66. The van der Waals surface area contributed by atoms with Crippen LogP contribution in [-0.4, -0.2) is 18.5 Å². The summed E-state index contributed by atoms with van der Waals surface area (Å²) in [5, 5.41) is 9.15. The predicted molar refractivity (Wildman–Crippen MR) is 44.0 cm³/mol. The second-order valence-electron chi connectivity index (χ2n) is 2.47. The number of rotatable bonds is 3. The van der Waals surface area contributed by atoms with Crippen molar-refractivity contribution in [3.05, 3.63) is 29.6 Å². The number of benzene rings is 1. The van der Waals surface area contributed by atoms with Gasteiger partial charge >= 0.3 is 0 Å². The van der Waals surface area contributed by atoms with E-state index in [4.69, 9.17) is 9.84 Å². The summed E-state index contributed by atoms with van der Waals surface area (Å²) in [5.74, 6) is -0.224. The van der Waals surface area contributed by atoms with Crippen LogP contribution in [0.15, 0.2) is 18.2 Å². The Morgan fingerprint density at radius 1 is 1.62 bits per heavy atom. The van der Waals surface area contributed by atoms with Crippen molar-refractivity contribution in [3.8, 4) is 5.75 Å². The highest BCUT2D eigenvalue weighted by Gasteiger charge is 2.12. The van der Waals surface area contributed by atoms with E-state index in [9.17, 15) is 9.18 Å². The highest BCUT2D eigenvalue weighted by atomic mass is 19.1. The number of aliphatic hydroxyl groups excluding tert-OH is 1. The first kappa shape index (κ1) is 9.67. The van der Waals surface area contributed by atoms with Crippen molar-refractivity contribution in [3.63, 3.8) is 0 Å². The molecule has 1 aromatic rings. The number of carbonyl (C=O) groups is 1. The minimum atomic E-state index is -1.34. The molecule has 0 bridgehead atoms. The summed E-state index contributed by atoms with van der Waals surface area (Å²) in [4.78, 5) is 10.3. The SMILES string of the molecule is COc1ccc(F)cc1C(O)C=O. The molecule has 0 saturated heterocycles. The summed E-state index contributed by atoms with van der Waals surface area (Å²) in [6.07, 6.45) is -1.03. The van der Waals surface area contributed by atoms with E-state index in [1.165, 1.54) is 19.2 Å². The van der Waals surface area contributed by atoms with E-state index >= 15 is 0 Å². The second kappa shape index (κ2) is 4.00. The second-order valence-corrected chi connectivity index (χ2v) is 2.47. The van der Waals surface area contributed by atoms with Gasteiger partial charge in [-0.25, -0.2) is 4.39 Å². The average molecular weight is 184 g/mol. The van der Waals surface area contributed by atoms with Gasteiger partial charge in [0.05, 0.1) is 7.11 Å². The van der Waals surface area contributed by atoms with Crippen molar-refractivity contribution in [1.29, 1.82) is 0 Å². The molecule has 13 heavy (non-hydrogen) atoms. The summed E-state index contributed by atoms with van der Waals surface area (Å²) >= 11 is 0. The van der Waals surface area contributed by atoms with Gasteiger partial charge in [0.25, 0.3) is 0 Å². The quantitative estimate of drug-likeness (QED) is 0.714. The topological polar surface area (TPSA) is 46.5 Å². The van der Waals surface area contributed by atoms with Crippen molar-refractivity contribution in [1.82, 2.24) is 0 Å². The number of carbonyl (C=O) groups excluding carboxylic acids is 1. The van der Waals surface area contributed by atoms with Crippen LogP contribution >= 0.6 is 0 Å². The standard InChI is InChI=1S/C9H9FO3/c1-13-9-3-2-6(10)4-7(9)8(12)5-11/h2-5,8,12H,1H3. The molecule has 70 valence electrons. The van der Waals surface area contributed by atoms with Crippen LogP contribution in [0.25, 0.3) is 0 Å². The number of aldehydes is 1. The van der Waals surface area contributed by atoms with Gasteiger partial charge in [-0.2, -0.15) is 0 Å². The fourth-order valence-corrected chi connectivity index (χ4v) is 1.01. The van der Waals surface area contributed by atoms with E-state index in [0.29, 0.717) is 12.0 Å². The number of ether oxygens (including phenoxy) is 1. The van der Waals surface area contributed by atoms with Crippen LogP contribution in [0.4, 0.5) is 4.39 Å². The molecule has 3 nitrogen and oxygen atoms in total. The molecule has 0 fully saturated rings. The third-order valence-corrected chi connectivity index (χ3v) is 1.64. The number of hydrogen-bond donors (Lipinski definition) is 1. The Kier molecular flexibility index (Phi) is 2.97. The summed E-state index contributed by atoms with van der Waals surface area (Å²) in [6.45, 7) is 0. The first-order valence-corrected chi connectivity index (χ1v) is 3.66. The third kappa shape index (κ3) is 2.03. The molecule has 0 aromatic heterocycles. The first-order chi connectivity index (χ1) is 6.19. The van der Waals surface area contributed by atoms with Gasteiger partial charge in [0.1, 0.15) is 17.7 Å². The molecule has 4 heteroatoms. The summed E-state index contributed by atoms with van der Waals surface area (Å²) in [5.41, 5.74) is 0.137. The van der Waals surface area contributed by atoms with Gasteiger partial charge in [-0.3, -0.25) is 0 Å². The van der Waals surface area contributed by atoms with E-state index < -0.39 is 11.9 Å². The fourth-order valence-electron chi connectivity index (χ4n) is 1.01. The molecule has 1 N–H and O–H groups in total. The molecule has 0 aliphatic carbocycles. The molecule has 0 radical (unpaired) electrons. The van der Waals surface area contributed by atoms with Crippen molar-refractivity contribution < 1.29 is 19.0 Å². The predicted octanol–water partition coefficient (Wildman–Crippen LogP) is 1.07. The zero-order chi connectivity index (χ0) is 9.84. The normalized spacial score (nSPS) is 12.2. The Balaban J connectivity index is 3.14. The zero-order valence-corrected chi connectivity index (χ0v) is 7.03. The van der Waals surface area contributed by atoms with Gasteiger partial charge < -0.3 is 14.6 Å².